The highest BCUT2D eigenvalue weighted by molar-refractivity contribution is 9.10. The van der Waals surface area contributed by atoms with Crippen molar-refractivity contribution in [2.45, 2.75) is 26.4 Å². The van der Waals surface area contributed by atoms with Crippen molar-refractivity contribution in [2.24, 2.45) is 17.6 Å². The number of halogens is 1. The second-order valence-electron chi connectivity index (χ2n) is 4.20. The summed E-state index contributed by atoms with van der Waals surface area (Å²) in [5.74, 6) is 0.715. The van der Waals surface area contributed by atoms with Gasteiger partial charge in [0, 0.05) is 15.3 Å². The number of hydrogen-bond acceptors (Lipinski definition) is 3. The molecule has 0 amide bonds. The molecule has 0 spiro atoms. The van der Waals surface area contributed by atoms with Gasteiger partial charge in [-0.05, 0) is 46.3 Å². The van der Waals surface area contributed by atoms with Gasteiger partial charge in [-0.15, -0.1) is 11.3 Å². The Labute approximate surface area is 104 Å². The molecule has 0 bridgehead atoms. The fourth-order valence-corrected chi connectivity index (χ4v) is 3.38. The van der Waals surface area contributed by atoms with Crippen molar-refractivity contribution in [3.05, 3.63) is 20.8 Å². The number of hydrogen-bond donors (Lipinski definition) is 2. The van der Waals surface area contributed by atoms with Gasteiger partial charge in [0.1, 0.15) is 0 Å². The Bertz CT molecular complexity index is 301. The summed E-state index contributed by atoms with van der Waals surface area (Å²) in [5.41, 5.74) is 5.71. The predicted molar refractivity (Wildman–Crippen MR) is 69.0 cm³/mol. The molecule has 0 saturated heterocycles. The summed E-state index contributed by atoms with van der Waals surface area (Å²) in [5, 5.41) is 12.2. The summed E-state index contributed by atoms with van der Waals surface area (Å²) in [7, 11) is 0. The molecule has 1 aromatic rings. The first-order valence-electron chi connectivity index (χ1n) is 5.17. The van der Waals surface area contributed by atoms with Gasteiger partial charge in [-0.3, -0.25) is 0 Å². The van der Waals surface area contributed by atoms with Gasteiger partial charge in [-0.1, -0.05) is 13.8 Å². The molecule has 2 atom stereocenters. The molecule has 4 heteroatoms. The Kier molecular flexibility index (Phi) is 5.26. The SMILES string of the molecule is CC(C)CC(CN)C(O)c1sccc1Br. The van der Waals surface area contributed by atoms with E-state index in [-0.39, 0.29) is 5.92 Å². The van der Waals surface area contributed by atoms with Crippen LogP contribution in [0, 0.1) is 11.8 Å². The van der Waals surface area contributed by atoms with E-state index in [2.05, 4.69) is 29.8 Å². The molecule has 15 heavy (non-hydrogen) atoms. The van der Waals surface area contributed by atoms with Gasteiger partial charge in [0.25, 0.3) is 0 Å². The second kappa shape index (κ2) is 5.99. The zero-order chi connectivity index (χ0) is 11.4. The number of nitrogens with two attached hydrogens (primary N) is 1. The Morgan fingerprint density at radius 3 is 2.60 bits per heavy atom. The first-order chi connectivity index (χ1) is 7.06. The van der Waals surface area contributed by atoms with Gasteiger partial charge in [-0.25, -0.2) is 0 Å². The minimum Gasteiger partial charge on any atom is -0.387 e. The van der Waals surface area contributed by atoms with Crippen LogP contribution in [0.15, 0.2) is 15.9 Å². The molecular weight excluding hydrogens is 274 g/mol. The molecule has 1 aromatic heterocycles. The molecule has 2 nitrogen and oxygen atoms in total. The number of aliphatic hydroxyl groups excluding tert-OH is 1. The molecule has 2 unspecified atom stereocenters. The van der Waals surface area contributed by atoms with Crippen LogP contribution in [0.1, 0.15) is 31.2 Å². The first-order valence-corrected chi connectivity index (χ1v) is 6.84. The standard InChI is InChI=1S/C11H18BrNOS/c1-7(2)5-8(6-13)10(14)11-9(12)3-4-15-11/h3-4,7-8,10,14H,5-6,13H2,1-2H3. The average molecular weight is 292 g/mol. The van der Waals surface area contributed by atoms with E-state index in [1.807, 2.05) is 11.4 Å². The van der Waals surface area contributed by atoms with Crippen molar-refractivity contribution in [2.75, 3.05) is 6.54 Å². The van der Waals surface area contributed by atoms with Crippen LogP contribution in [0.5, 0.6) is 0 Å². The molecule has 0 saturated carbocycles. The summed E-state index contributed by atoms with van der Waals surface area (Å²) in [4.78, 5) is 0.992. The van der Waals surface area contributed by atoms with Crippen LogP contribution < -0.4 is 5.73 Å². The molecular formula is C11H18BrNOS. The third kappa shape index (κ3) is 3.55. The molecule has 3 N–H and O–H groups in total. The van der Waals surface area contributed by atoms with E-state index >= 15 is 0 Å². The van der Waals surface area contributed by atoms with Crippen molar-refractivity contribution in [3.8, 4) is 0 Å². The third-order valence-corrected chi connectivity index (χ3v) is 4.38. The lowest BCUT2D eigenvalue weighted by atomic mass is 9.91. The molecule has 0 aliphatic heterocycles. The zero-order valence-electron chi connectivity index (χ0n) is 9.11. The Morgan fingerprint density at radius 1 is 1.53 bits per heavy atom. The fourth-order valence-electron chi connectivity index (χ4n) is 1.69. The van der Waals surface area contributed by atoms with Gasteiger partial charge in [0.05, 0.1) is 6.10 Å². The van der Waals surface area contributed by atoms with E-state index in [0.717, 1.165) is 15.8 Å². The van der Waals surface area contributed by atoms with E-state index in [1.54, 1.807) is 11.3 Å². The largest absolute Gasteiger partial charge is 0.387 e. The Morgan fingerprint density at radius 2 is 2.20 bits per heavy atom. The van der Waals surface area contributed by atoms with Crippen LogP contribution in [0.3, 0.4) is 0 Å². The molecule has 0 radical (unpaired) electrons. The maximum atomic E-state index is 10.2. The van der Waals surface area contributed by atoms with E-state index in [9.17, 15) is 5.11 Å². The van der Waals surface area contributed by atoms with Crippen molar-refractivity contribution >= 4 is 27.3 Å². The monoisotopic (exact) mass is 291 g/mol. The van der Waals surface area contributed by atoms with E-state index < -0.39 is 6.10 Å². The van der Waals surface area contributed by atoms with Crippen LogP contribution >= 0.6 is 27.3 Å². The highest BCUT2D eigenvalue weighted by Crippen LogP contribution is 2.35. The van der Waals surface area contributed by atoms with Crippen LogP contribution in [0.2, 0.25) is 0 Å². The molecule has 0 aliphatic carbocycles. The molecule has 86 valence electrons. The second-order valence-corrected chi connectivity index (χ2v) is 6.00. The number of aliphatic hydroxyl groups is 1. The highest BCUT2D eigenvalue weighted by atomic mass is 79.9. The predicted octanol–water partition coefficient (Wildman–Crippen LogP) is 3.17. The molecule has 0 fully saturated rings. The van der Waals surface area contributed by atoms with Crippen molar-refractivity contribution in [1.29, 1.82) is 0 Å². The summed E-state index contributed by atoms with van der Waals surface area (Å²) >= 11 is 5.02. The van der Waals surface area contributed by atoms with Crippen LogP contribution in [-0.4, -0.2) is 11.7 Å². The van der Waals surface area contributed by atoms with Crippen LogP contribution in [0.25, 0.3) is 0 Å². The normalized spacial score (nSPS) is 15.6. The maximum absolute atomic E-state index is 10.2. The summed E-state index contributed by atoms with van der Waals surface area (Å²) in [6.45, 7) is 4.83. The lowest BCUT2D eigenvalue weighted by Crippen LogP contribution is -2.23. The minimum atomic E-state index is -0.438. The van der Waals surface area contributed by atoms with E-state index in [1.165, 1.54) is 0 Å². The topological polar surface area (TPSA) is 46.2 Å². The quantitative estimate of drug-likeness (QED) is 0.875. The van der Waals surface area contributed by atoms with Crippen LogP contribution in [-0.2, 0) is 0 Å². The van der Waals surface area contributed by atoms with Gasteiger partial charge in [0.15, 0.2) is 0 Å². The highest BCUT2D eigenvalue weighted by Gasteiger charge is 2.23. The van der Waals surface area contributed by atoms with Crippen molar-refractivity contribution in [3.63, 3.8) is 0 Å². The van der Waals surface area contributed by atoms with Crippen molar-refractivity contribution in [1.82, 2.24) is 0 Å². The van der Waals surface area contributed by atoms with E-state index in [0.29, 0.717) is 12.5 Å². The molecule has 1 heterocycles. The Hall–Kier alpha value is 0.100. The van der Waals surface area contributed by atoms with E-state index in [4.69, 9.17) is 5.73 Å². The maximum Gasteiger partial charge on any atom is 0.0933 e. The van der Waals surface area contributed by atoms with Gasteiger partial charge in [-0.2, -0.15) is 0 Å². The smallest absolute Gasteiger partial charge is 0.0933 e. The zero-order valence-corrected chi connectivity index (χ0v) is 11.5. The average Bonchev–Trinajstić information content (AvgIpc) is 2.59. The molecule has 1 rings (SSSR count). The van der Waals surface area contributed by atoms with Gasteiger partial charge < -0.3 is 10.8 Å². The summed E-state index contributed by atoms with van der Waals surface area (Å²) in [6, 6.07) is 1.96. The third-order valence-electron chi connectivity index (χ3n) is 2.44. The molecule has 0 aromatic carbocycles. The lowest BCUT2D eigenvalue weighted by Gasteiger charge is -2.22. The summed E-state index contributed by atoms with van der Waals surface area (Å²) in [6.07, 6.45) is 0.522. The lowest BCUT2D eigenvalue weighted by molar-refractivity contribution is 0.102. The number of thiophene rings is 1. The molecule has 0 aliphatic rings. The fraction of sp³-hybridized carbons (Fsp3) is 0.636. The minimum absolute atomic E-state index is 0.153. The van der Waals surface area contributed by atoms with Crippen LogP contribution in [0.4, 0.5) is 0 Å². The van der Waals surface area contributed by atoms with Gasteiger partial charge >= 0.3 is 0 Å². The first kappa shape index (κ1) is 13.2. The van der Waals surface area contributed by atoms with Crippen molar-refractivity contribution < 1.29 is 5.11 Å². The summed E-state index contributed by atoms with van der Waals surface area (Å²) < 4.78 is 0.988. The Balaban J connectivity index is 2.73. The number of rotatable bonds is 5. The van der Waals surface area contributed by atoms with Gasteiger partial charge in [0.2, 0.25) is 0 Å².